The first-order valence-electron chi connectivity index (χ1n) is 13.2. The Hall–Kier alpha value is -2.44. The van der Waals surface area contributed by atoms with Crippen molar-refractivity contribution in [3.63, 3.8) is 0 Å². The van der Waals surface area contributed by atoms with Crippen LogP contribution in [0.15, 0.2) is 60.7 Å². The van der Waals surface area contributed by atoms with Crippen LogP contribution in [0.2, 0.25) is 0 Å². The zero-order valence-electron chi connectivity index (χ0n) is 21.9. The van der Waals surface area contributed by atoms with Crippen molar-refractivity contribution >= 4 is 0 Å². The van der Waals surface area contributed by atoms with Crippen molar-refractivity contribution in [3.8, 4) is 12.3 Å². The fourth-order valence-corrected chi connectivity index (χ4v) is 4.81. The molecule has 2 saturated heterocycles. The van der Waals surface area contributed by atoms with E-state index >= 15 is 0 Å². The molecule has 2 aromatic carbocycles. The molecule has 0 spiro atoms. The van der Waals surface area contributed by atoms with E-state index in [1.54, 1.807) is 48.5 Å². The minimum Gasteiger partial charge on any atom is -0.389 e. The Morgan fingerprint density at radius 1 is 0.725 bits per heavy atom. The standard InChI is InChI=1S/C29H37NO10/c1-2-13-30(14-20(31)24(35)26-22(33)16-37-28(39-26)18-9-5-3-6-10-18)15-21(32)25(36)27-23(34)17-38-29(40-27)19-11-7-4-8-12-19/h1,3-12,20-29,31-36H,13-17H2/t20-,21-,22+,23+,24+,25+,26+,27+,28?,29?/m0/s1. The minimum absolute atomic E-state index is 0.0266. The van der Waals surface area contributed by atoms with E-state index in [1.807, 2.05) is 12.1 Å². The molecule has 2 aromatic rings. The van der Waals surface area contributed by atoms with Crippen LogP contribution in [0.3, 0.4) is 0 Å². The Balaban J connectivity index is 1.35. The third kappa shape index (κ3) is 7.64. The van der Waals surface area contributed by atoms with Gasteiger partial charge in [0.25, 0.3) is 0 Å². The molecule has 40 heavy (non-hydrogen) atoms. The molecule has 11 nitrogen and oxygen atoms in total. The van der Waals surface area contributed by atoms with Gasteiger partial charge in [0.15, 0.2) is 12.6 Å². The summed E-state index contributed by atoms with van der Waals surface area (Å²) in [6, 6.07) is 18.0. The molecular weight excluding hydrogens is 522 g/mol. The van der Waals surface area contributed by atoms with Gasteiger partial charge in [0, 0.05) is 24.2 Å². The first-order valence-corrected chi connectivity index (χ1v) is 13.2. The van der Waals surface area contributed by atoms with Gasteiger partial charge in [-0.25, -0.2) is 0 Å². The van der Waals surface area contributed by atoms with Crippen LogP contribution in [-0.2, 0) is 18.9 Å². The fraction of sp³-hybridized carbons (Fsp3) is 0.517. The van der Waals surface area contributed by atoms with Crippen LogP contribution in [0.1, 0.15) is 23.7 Å². The number of ether oxygens (including phenoxy) is 4. The van der Waals surface area contributed by atoms with Gasteiger partial charge >= 0.3 is 0 Å². The highest BCUT2D eigenvalue weighted by Gasteiger charge is 2.42. The lowest BCUT2D eigenvalue weighted by molar-refractivity contribution is -0.285. The van der Waals surface area contributed by atoms with Gasteiger partial charge < -0.3 is 49.6 Å². The van der Waals surface area contributed by atoms with E-state index in [9.17, 15) is 30.6 Å². The second-order valence-corrected chi connectivity index (χ2v) is 10.0. The molecule has 2 heterocycles. The maximum absolute atomic E-state index is 10.9. The molecule has 0 radical (unpaired) electrons. The van der Waals surface area contributed by atoms with Gasteiger partial charge in [0.05, 0.1) is 32.0 Å². The van der Waals surface area contributed by atoms with Crippen LogP contribution in [-0.4, -0.2) is 117 Å². The summed E-state index contributed by atoms with van der Waals surface area (Å²) >= 11 is 0. The van der Waals surface area contributed by atoms with Gasteiger partial charge in [-0.05, 0) is 0 Å². The second kappa shape index (κ2) is 14.5. The van der Waals surface area contributed by atoms with Crippen LogP contribution in [0.4, 0.5) is 0 Å². The third-order valence-corrected chi connectivity index (χ3v) is 6.97. The molecule has 0 aliphatic carbocycles. The number of benzene rings is 2. The SMILES string of the molecule is C#CCN(C[C@H](O)[C@@H](O)[C@@H]1OC(c2ccccc2)OC[C@H]1O)C[C@H](O)[C@@H](O)[C@@H]1OC(c2ccccc2)OC[C@H]1O. The highest BCUT2D eigenvalue weighted by atomic mass is 16.7. The van der Waals surface area contributed by atoms with Crippen molar-refractivity contribution in [2.45, 2.75) is 61.4 Å². The highest BCUT2D eigenvalue weighted by Crippen LogP contribution is 2.30. The van der Waals surface area contributed by atoms with Crippen molar-refractivity contribution in [1.82, 2.24) is 4.90 Å². The summed E-state index contributed by atoms with van der Waals surface area (Å²) in [4.78, 5) is 1.46. The van der Waals surface area contributed by atoms with E-state index in [2.05, 4.69) is 5.92 Å². The Labute approximate surface area is 233 Å². The maximum Gasteiger partial charge on any atom is 0.184 e. The first-order chi connectivity index (χ1) is 19.3. The lowest BCUT2D eigenvalue weighted by atomic mass is 9.99. The monoisotopic (exact) mass is 559 g/mol. The van der Waals surface area contributed by atoms with Crippen molar-refractivity contribution < 1.29 is 49.6 Å². The lowest BCUT2D eigenvalue weighted by Crippen LogP contribution is -2.56. The highest BCUT2D eigenvalue weighted by molar-refractivity contribution is 5.17. The number of hydrogen-bond acceptors (Lipinski definition) is 11. The van der Waals surface area contributed by atoms with E-state index in [0.29, 0.717) is 11.1 Å². The van der Waals surface area contributed by atoms with Crippen LogP contribution in [0, 0.1) is 12.3 Å². The summed E-state index contributed by atoms with van der Waals surface area (Å²) in [7, 11) is 0. The number of hydrogen-bond donors (Lipinski definition) is 6. The summed E-state index contributed by atoms with van der Waals surface area (Å²) in [5, 5.41) is 64.2. The van der Waals surface area contributed by atoms with E-state index in [1.165, 1.54) is 4.90 Å². The largest absolute Gasteiger partial charge is 0.389 e. The van der Waals surface area contributed by atoms with Crippen LogP contribution in [0.25, 0.3) is 0 Å². The summed E-state index contributed by atoms with van der Waals surface area (Å²) in [6.07, 6.45) is -6.76. The van der Waals surface area contributed by atoms with Crippen molar-refractivity contribution in [1.29, 1.82) is 0 Å². The molecule has 11 heteroatoms. The summed E-state index contributed by atoms with van der Waals surface area (Å²) < 4.78 is 22.6. The molecular formula is C29H37NO10. The predicted molar refractivity (Wildman–Crippen MR) is 141 cm³/mol. The van der Waals surface area contributed by atoms with Crippen LogP contribution >= 0.6 is 0 Å². The second-order valence-electron chi connectivity index (χ2n) is 10.0. The number of terminal acetylenes is 1. The zero-order chi connectivity index (χ0) is 28.6. The molecule has 6 N–H and O–H groups in total. The van der Waals surface area contributed by atoms with Gasteiger partial charge in [0.1, 0.15) is 36.6 Å². The molecule has 2 aliphatic heterocycles. The quantitative estimate of drug-likeness (QED) is 0.194. The summed E-state index contributed by atoms with van der Waals surface area (Å²) in [5.74, 6) is 2.43. The smallest absolute Gasteiger partial charge is 0.184 e. The van der Waals surface area contributed by atoms with Gasteiger partial charge in [-0.2, -0.15) is 0 Å². The molecule has 2 fully saturated rings. The fourth-order valence-electron chi connectivity index (χ4n) is 4.81. The van der Waals surface area contributed by atoms with Crippen LogP contribution < -0.4 is 0 Å². The minimum atomic E-state index is -1.51. The van der Waals surface area contributed by atoms with E-state index in [0.717, 1.165) is 0 Å². The first kappa shape index (κ1) is 30.5. The molecule has 0 saturated carbocycles. The molecule has 2 aliphatic rings. The molecule has 0 aromatic heterocycles. The average Bonchev–Trinajstić information content (AvgIpc) is 2.98. The number of rotatable bonds is 11. The maximum atomic E-state index is 10.9. The topological polar surface area (TPSA) is 162 Å². The van der Waals surface area contributed by atoms with Gasteiger partial charge in [-0.3, -0.25) is 4.90 Å². The number of aliphatic hydroxyl groups excluding tert-OH is 6. The van der Waals surface area contributed by atoms with E-state index < -0.39 is 61.4 Å². The van der Waals surface area contributed by atoms with E-state index in [4.69, 9.17) is 25.4 Å². The Bertz CT molecular complexity index is 992. The van der Waals surface area contributed by atoms with Crippen molar-refractivity contribution in [2.24, 2.45) is 0 Å². The zero-order valence-corrected chi connectivity index (χ0v) is 21.9. The van der Waals surface area contributed by atoms with Gasteiger partial charge in [-0.15, -0.1) is 6.42 Å². The normalized spacial score (nSPS) is 30.2. The molecule has 10 atom stereocenters. The lowest BCUT2D eigenvalue weighted by Gasteiger charge is -2.40. The van der Waals surface area contributed by atoms with Crippen LogP contribution in [0.5, 0.6) is 0 Å². The summed E-state index contributed by atoms with van der Waals surface area (Å²) in [5.41, 5.74) is 1.39. The molecule has 0 bridgehead atoms. The van der Waals surface area contributed by atoms with Crippen molar-refractivity contribution in [2.75, 3.05) is 32.8 Å². The Morgan fingerprint density at radius 3 is 1.50 bits per heavy atom. The average molecular weight is 560 g/mol. The molecule has 4 rings (SSSR count). The van der Waals surface area contributed by atoms with Crippen molar-refractivity contribution in [3.05, 3.63) is 71.8 Å². The molecule has 2 unspecified atom stereocenters. The Kier molecular flexibility index (Phi) is 11.0. The summed E-state index contributed by atoms with van der Waals surface area (Å²) in [6.45, 7) is -0.652. The third-order valence-electron chi connectivity index (χ3n) is 6.97. The molecule has 218 valence electrons. The van der Waals surface area contributed by atoms with Gasteiger partial charge in [0.2, 0.25) is 0 Å². The Morgan fingerprint density at radius 2 is 1.12 bits per heavy atom. The van der Waals surface area contributed by atoms with Gasteiger partial charge in [-0.1, -0.05) is 66.6 Å². The van der Waals surface area contributed by atoms with E-state index in [-0.39, 0.29) is 32.8 Å². The number of aliphatic hydroxyl groups is 6. The molecule has 0 amide bonds. The predicted octanol–water partition coefficient (Wildman–Crippen LogP) is -0.685. The number of nitrogens with zero attached hydrogens (tertiary/aromatic N) is 1.